The van der Waals surface area contributed by atoms with E-state index in [1.54, 1.807) is 11.8 Å². The average molecular weight is 204 g/mol. The van der Waals surface area contributed by atoms with Crippen LogP contribution in [0.5, 0.6) is 0 Å². The summed E-state index contributed by atoms with van der Waals surface area (Å²) >= 11 is 1.60. The van der Waals surface area contributed by atoms with E-state index in [-0.39, 0.29) is 17.1 Å². The van der Waals surface area contributed by atoms with Crippen LogP contribution in [0.15, 0.2) is 0 Å². The van der Waals surface area contributed by atoms with Crippen molar-refractivity contribution in [2.45, 2.75) is 12.5 Å². The van der Waals surface area contributed by atoms with Gasteiger partial charge in [-0.2, -0.15) is 11.8 Å². The van der Waals surface area contributed by atoms with Crippen molar-refractivity contribution in [2.24, 2.45) is 5.73 Å². The van der Waals surface area contributed by atoms with Gasteiger partial charge in [0.25, 0.3) is 0 Å². The molecule has 0 aromatic heterocycles. The van der Waals surface area contributed by atoms with Crippen molar-refractivity contribution in [3.05, 3.63) is 0 Å². The van der Waals surface area contributed by atoms with E-state index in [1.165, 1.54) is 0 Å². The largest absolute Gasteiger partial charge is 0.480 e. The minimum Gasteiger partial charge on any atom is -0.480 e. The van der Waals surface area contributed by atoms with Crippen LogP contribution in [-0.4, -0.2) is 29.1 Å². The molecule has 1 radical (unpaired) electrons. The van der Waals surface area contributed by atoms with Crippen LogP contribution in [0.4, 0.5) is 0 Å². The van der Waals surface area contributed by atoms with Gasteiger partial charge in [-0.05, 0) is 18.4 Å². The topological polar surface area (TPSA) is 63.3 Å². The molecule has 0 aromatic rings. The quantitative estimate of drug-likeness (QED) is 0.640. The Hall–Kier alpha value is 0.299. The fourth-order valence-corrected chi connectivity index (χ4v) is 0.858. The summed E-state index contributed by atoms with van der Waals surface area (Å²) in [5.41, 5.74) is 5.19. The molecule has 0 unspecified atom stereocenters. The van der Waals surface area contributed by atoms with E-state index in [2.05, 4.69) is 0 Å². The summed E-state index contributed by atoms with van der Waals surface area (Å²) in [6.07, 6.45) is 2.48. The van der Waals surface area contributed by atoms with Crippen LogP contribution in [0.3, 0.4) is 0 Å². The summed E-state index contributed by atoms with van der Waals surface area (Å²) < 4.78 is 0. The molecule has 0 fully saturated rings. The minimum absolute atomic E-state index is 0. The van der Waals surface area contributed by atoms with Gasteiger partial charge in [-0.1, -0.05) is 0 Å². The van der Waals surface area contributed by atoms with Crippen molar-refractivity contribution >= 4 is 17.7 Å². The summed E-state index contributed by atoms with van der Waals surface area (Å²) in [4.78, 5) is 10.1. The number of rotatable bonds is 4. The number of carboxylic acids is 1. The van der Waals surface area contributed by atoms with Crippen LogP contribution in [0.25, 0.3) is 0 Å². The number of thioether (sulfide) groups is 1. The maximum atomic E-state index is 10.1. The van der Waals surface area contributed by atoms with Gasteiger partial charge in [-0.15, -0.1) is 0 Å². The molecule has 0 heterocycles. The molecule has 61 valence electrons. The molecular formula is C5H11MnNO2S. The van der Waals surface area contributed by atoms with E-state index in [1.807, 2.05) is 6.26 Å². The standard InChI is InChI=1S/C5H11NO2S.Mn/c1-9-3-2-4(6)5(7)8;/h4H,2-3,6H2,1H3,(H,7,8);/t4-;/m0./s1. The third kappa shape index (κ3) is 6.42. The number of hydrogen-bond donors (Lipinski definition) is 2. The predicted molar refractivity (Wildman–Crippen MR) is 38.6 cm³/mol. The molecule has 0 saturated carbocycles. The maximum absolute atomic E-state index is 10.1. The molecule has 1 atom stereocenters. The van der Waals surface area contributed by atoms with Crippen molar-refractivity contribution in [3.63, 3.8) is 0 Å². The first kappa shape index (κ1) is 12.9. The summed E-state index contributed by atoms with van der Waals surface area (Å²) in [5.74, 6) is -0.1000. The van der Waals surface area contributed by atoms with E-state index in [0.717, 1.165) is 5.75 Å². The average Bonchev–Trinajstić information content (AvgIpc) is 1.82. The van der Waals surface area contributed by atoms with E-state index in [9.17, 15) is 4.79 Å². The summed E-state index contributed by atoms with van der Waals surface area (Å²) in [7, 11) is 0. The molecule has 0 saturated heterocycles. The van der Waals surface area contributed by atoms with Gasteiger partial charge in [0.1, 0.15) is 6.04 Å². The van der Waals surface area contributed by atoms with Crippen LogP contribution in [0.1, 0.15) is 6.42 Å². The Morgan fingerprint density at radius 2 is 2.30 bits per heavy atom. The van der Waals surface area contributed by atoms with Gasteiger partial charge in [-0.3, -0.25) is 4.79 Å². The van der Waals surface area contributed by atoms with Gasteiger partial charge in [-0.25, -0.2) is 0 Å². The zero-order valence-corrected chi connectivity index (χ0v) is 7.71. The number of carboxylic acid groups (broad SMARTS) is 1. The zero-order chi connectivity index (χ0) is 7.28. The third-order valence-corrected chi connectivity index (χ3v) is 1.59. The fourth-order valence-electron chi connectivity index (χ4n) is 0.368. The Kier molecular flexibility index (Phi) is 9.58. The van der Waals surface area contributed by atoms with Gasteiger partial charge >= 0.3 is 5.97 Å². The van der Waals surface area contributed by atoms with Crippen LogP contribution in [-0.2, 0) is 21.9 Å². The van der Waals surface area contributed by atoms with E-state index < -0.39 is 12.0 Å². The Bertz CT molecular complexity index is 102. The SMILES string of the molecule is CSCC[C@H](N)C(=O)O.[Mn]. The molecule has 10 heavy (non-hydrogen) atoms. The molecule has 3 nitrogen and oxygen atoms in total. The smallest absolute Gasteiger partial charge is 0.320 e. The van der Waals surface area contributed by atoms with Gasteiger partial charge in [0.2, 0.25) is 0 Å². The van der Waals surface area contributed by atoms with Crippen molar-refractivity contribution < 1.29 is 27.0 Å². The molecule has 0 aliphatic rings. The summed E-state index contributed by atoms with van der Waals surface area (Å²) in [6.45, 7) is 0. The Labute approximate surface area is 75.2 Å². The maximum Gasteiger partial charge on any atom is 0.320 e. The Balaban J connectivity index is 0. The molecule has 0 aromatic carbocycles. The molecule has 3 N–H and O–H groups in total. The first-order valence-corrected chi connectivity index (χ1v) is 4.05. The molecule has 0 aliphatic carbocycles. The van der Waals surface area contributed by atoms with Crippen LogP contribution < -0.4 is 5.73 Å². The fraction of sp³-hybridized carbons (Fsp3) is 0.800. The molecule has 5 heteroatoms. The number of aliphatic carboxylic acids is 1. The van der Waals surface area contributed by atoms with Crippen LogP contribution in [0, 0.1) is 0 Å². The van der Waals surface area contributed by atoms with E-state index in [0.29, 0.717) is 6.42 Å². The normalized spacial score (nSPS) is 11.8. The molecular weight excluding hydrogens is 193 g/mol. The van der Waals surface area contributed by atoms with Crippen LogP contribution in [0.2, 0.25) is 0 Å². The van der Waals surface area contributed by atoms with Crippen molar-refractivity contribution in [2.75, 3.05) is 12.0 Å². The summed E-state index contributed by atoms with van der Waals surface area (Å²) in [5, 5.41) is 8.27. The van der Waals surface area contributed by atoms with E-state index >= 15 is 0 Å². The van der Waals surface area contributed by atoms with Crippen molar-refractivity contribution in [1.29, 1.82) is 0 Å². The monoisotopic (exact) mass is 204 g/mol. The van der Waals surface area contributed by atoms with Gasteiger partial charge in [0.15, 0.2) is 0 Å². The second-order valence-corrected chi connectivity index (χ2v) is 2.71. The summed E-state index contributed by atoms with van der Waals surface area (Å²) in [6, 6.07) is -0.683. The Morgan fingerprint density at radius 3 is 2.60 bits per heavy atom. The second kappa shape index (κ2) is 7.41. The predicted octanol–water partition coefficient (Wildman–Crippen LogP) is 0.149. The Morgan fingerprint density at radius 1 is 1.80 bits per heavy atom. The molecule has 0 rings (SSSR count). The number of carbonyl (C=O) groups is 1. The molecule has 0 aliphatic heterocycles. The van der Waals surface area contributed by atoms with Gasteiger partial charge in [0.05, 0.1) is 0 Å². The number of nitrogens with two attached hydrogens (primary N) is 1. The van der Waals surface area contributed by atoms with Gasteiger partial charge in [0, 0.05) is 17.1 Å². The molecule has 0 bridgehead atoms. The first-order chi connectivity index (χ1) is 4.18. The van der Waals surface area contributed by atoms with Crippen molar-refractivity contribution in [1.82, 2.24) is 0 Å². The zero-order valence-electron chi connectivity index (χ0n) is 5.71. The molecule has 0 amide bonds. The van der Waals surface area contributed by atoms with Crippen LogP contribution >= 0.6 is 11.8 Å². The number of hydrogen-bond acceptors (Lipinski definition) is 3. The molecule has 0 spiro atoms. The van der Waals surface area contributed by atoms with Crippen molar-refractivity contribution in [3.8, 4) is 0 Å². The minimum atomic E-state index is -0.913. The second-order valence-electron chi connectivity index (χ2n) is 1.73. The van der Waals surface area contributed by atoms with Gasteiger partial charge < -0.3 is 10.8 Å². The first-order valence-electron chi connectivity index (χ1n) is 2.65. The van der Waals surface area contributed by atoms with E-state index in [4.69, 9.17) is 10.8 Å². The third-order valence-electron chi connectivity index (χ3n) is 0.950.